The summed E-state index contributed by atoms with van der Waals surface area (Å²) in [5, 5.41) is 33.0. The van der Waals surface area contributed by atoms with Crippen LogP contribution >= 0.6 is 0 Å². The molecular formula is C49H68N2O9. The highest BCUT2D eigenvalue weighted by atomic mass is 16.6. The van der Waals surface area contributed by atoms with Gasteiger partial charge in [-0.1, -0.05) is 47.1 Å². The van der Waals surface area contributed by atoms with Crippen LogP contribution in [0.2, 0.25) is 0 Å². The predicted molar refractivity (Wildman–Crippen MR) is 232 cm³/mol. The van der Waals surface area contributed by atoms with Crippen molar-refractivity contribution in [1.29, 1.82) is 0 Å². The van der Waals surface area contributed by atoms with Gasteiger partial charge in [-0.25, -0.2) is 4.79 Å². The van der Waals surface area contributed by atoms with Gasteiger partial charge < -0.3 is 34.4 Å². The van der Waals surface area contributed by atoms with E-state index in [4.69, 9.17) is 14.2 Å². The largest absolute Gasteiger partial charge is 0.507 e. The number of aliphatic hydroxyl groups is 1. The summed E-state index contributed by atoms with van der Waals surface area (Å²) in [6.45, 7) is 21.7. The molecular weight excluding hydrogens is 761 g/mol. The number of phenolic OH excluding ortho intramolecular Hbond substituents is 2. The van der Waals surface area contributed by atoms with E-state index >= 15 is 4.79 Å². The summed E-state index contributed by atoms with van der Waals surface area (Å²) in [5.74, 6) is -2.52. The monoisotopic (exact) mass is 828 g/mol. The van der Waals surface area contributed by atoms with Gasteiger partial charge >= 0.3 is 5.97 Å². The maximum atomic E-state index is 15.0. The van der Waals surface area contributed by atoms with Gasteiger partial charge in [0.1, 0.15) is 22.8 Å². The molecule has 3 heterocycles. The summed E-state index contributed by atoms with van der Waals surface area (Å²) >= 11 is 0. The van der Waals surface area contributed by atoms with Crippen molar-refractivity contribution in [3.63, 3.8) is 0 Å². The molecule has 3 N–H and O–H groups in total. The Labute approximate surface area is 356 Å². The Balaban J connectivity index is 1.24. The van der Waals surface area contributed by atoms with E-state index in [-0.39, 0.29) is 72.2 Å². The maximum Gasteiger partial charge on any atom is 0.333 e. The van der Waals surface area contributed by atoms with Crippen molar-refractivity contribution >= 4 is 17.5 Å². The first-order chi connectivity index (χ1) is 28.5. The predicted octanol–water partition coefficient (Wildman–Crippen LogP) is 7.51. The quantitative estimate of drug-likeness (QED) is 0.0585. The fourth-order valence-corrected chi connectivity index (χ4v) is 10.1. The molecule has 11 nitrogen and oxygen atoms in total. The van der Waals surface area contributed by atoms with Crippen LogP contribution < -0.4 is 4.74 Å². The summed E-state index contributed by atoms with van der Waals surface area (Å²) < 4.78 is 19.7. The number of aromatic hydroxyl groups is 2. The van der Waals surface area contributed by atoms with E-state index in [9.17, 15) is 24.9 Å². The Morgan fingerprint density at radius 2 is 1.53 bits per heavy atom. The number of esters is 1. The minimum Gasteiger partial charge on any atom is -0.507 e. The molecule has 3 aliphatic carbocycles. The highest BCUT2D eigenvalue weighted by molar-refractivity contribution is 6.18. The fraction of sp³-hybridized carbons (Fsp3) is 0.612. The van der Waals surface area contributed by atoms with Crippen LogP contribution in [0.15, 0.2) is 58.2 Å². The van der Waals surface area contributed by atoms with Crippen LogP contribution in [0.3, 0.4) is 0 Å². The Bertz CT molecular complexity index is 1990. The minimum absolute atomic E-state index is 0.00398. The van der Waals surface area contributed by atoms with Gasteiger partial charge in [0.25, 0.3) is 0 Å². The van der Waals surface area contributed by atoms with Gasteiger partial charge in [0.2, 0.25) is 0 Å². The number of unbranched alkanes of at least 4 members (excludes halogenated alkanes) is 2. The second-order valence-electron chi connectivity index (χ2n) is 18.7. The number of aliphatic hydroxyl groups excluding tert-OH is 1. The van der Waals surface area contributed by atoms with E-state index < -0.39 is 40.4 Å². The zero-order chi connectivity index (χ0) is 43.6. The Morgan fingerprint density at radius 1 is 0.867 bits per heavy atom. The number of piperazine rings is 1. The average Bonchev–Trinajstić information content (AvgIpc) is 3.35. The van der Waals surface area contributed by atoms with E-state index in [1.165, 1.54) is 5.57 Å². The third-order valence-corrected chi connectivity index (χ3v) is 13.4. The van der Waals surface area contributed by atoms with Gasteiger partial charge in [0, 0.05) is 73.3 Å². The number of β-amino-alcohol motifs (C(OH)–C–C–N with tert-alkyl or cyclic N) is 1. The van der Waals surface area contributed by atoms with Crippen LogP contribution in [0.5, 0.6) is 17.2 Å². The van der Waals surface area contributed by atoms with Crippen LogP contribution in [-0.4, -0.2) is 112 Å². The summed E-state index contributed by atoms with van der Waals surface area (Å²) in [7, 11) is 0. The summed E-state index contributed by atoms with van der Waals surface area (Å²) in [6.07, 6.45) is 14.7. The standard InChI is InChI=1S/C49H68N2O9/c1-31(2)13-12-14-33(5)16-18-36-41(53)37(17-15-32(3)4)44-40(42(36)54)43(55)38-29-35-30-39-47(7,8)60-48(45(35)56,49(38,39)59-44)20-19-34(6)46(57)58-28-11-9-10-21-50-22-24-51(25-23-50)26-27-52/h13,15-16,19,29,35,39,52-54H,9-12,14,17-18,20-28,30H2,1-8H3/b33-16+,34-19-. The van der Waals surface area contributed by atoms with E-state index in [2.05, 4.69) is 29.7 Å². The van der Waals surface area contributed by atoms with Gasteiger partial charge in [-0.15, -0.1) is 0 Å². The summed E-state index contributed by atoms with van der Waals surface area (Å²) in [6, 6.07) is 0. The van der Waals surface area contributed by atoms with Crippen molar-refractivity contribution in [3.8, 4) is 17.2 Å². The molecule has 60 heavy (non-hydrogen) atoms. The lowest BCUT2D eigenvalue weighted by molar-refractivity contribution is -0.171. The molecule has 3 fully saturated rings. The number of fused-ring (bicyclic) bond motifs is 1. The lowest BCUT2D eigenvalue weighted by atomic mass is 9.51. The number of hydrogen-bond acceptors (Lipinski definition) is 11. The molecule has 1 saturated carbocycles. The molecule has 7 rings (SSSR count). The van der Waals surface area contributed by atoms with Gasteiger partial charge in [-0.2, -0.15) is 0 Å². The molecule has 1 aromatic rings. The number of allylic oxidation sites excluding steroid dienone is 7. The van der Waals surface area contributed by atoms with Crippen molar-refractivity contribution in [3.05, 3.63) is 74.9 Å². The van der Waals surface area contributed by atoms with E-state index in [0.29, 0.717) is 17.6 Å². The topological polar surface area (TPSA) is 146 Å². The normalized spacial score (nSPS) is 26.0. The third-order valence-electron chi connectivity index (χ3n) is 13.4. The lowest BCUT2D eigenvalue weighted by Crippen LogP contribution is -2.72. The van der Waals surface area contributed by atoms with Crippen LogP contribution in [0.25, 0.3) is 0 Å². The number of benzene rings is 1. The van der Waals surface area contributed by atoms with Crippen LogP contribution in [0, 0.1) is 11.8 Å². The van der Waals surface area contributed by atoms with Gasteiger partial charge in [-0.3, -0.25) is 14.5 Å². The number of phenols is 2. The van der Waals surface area contributed by atoms with Crippen molar-refractivity contribution in [1.82, 2.24) is 9.80 Å². The molecule has 6 aliphatic rings. The molecule has 3 aliphatic heterocycles. The highest BCUT2D eigenvalue weighted by Crippen LogP contribution is 2.68. The molecule has 4 atom stereocenters. The van der Waals surface area contributed by atoms with Crippen molar-refractivity contribution < 1.29 is 43.9 Å². The first-order valence-corrected chi connectivity index (χ1v) is 22.1. The molecule has 11 heteroatoms. The zero-order valence-corrected chi connectivity index (χ0v) is 37.2. The summed E-state index contributed by atoms with van der Waals surface area (Å²) in [5.41, 5.74) is 0.506. The third kappa shape index (κ3) is 8.69. The number of carbonyl (C=O) groups is 3. The molecule has 0 amide bonds. The van der Waals surface area contributed by atoms with Crippen molar-refractivity contribution in [2.45, 2.75) is 130 Å². The molecule has 2 saturated heterocycles. The molecule has 1 spiro atoms. The van der Waals surface area contributed by atoms with E-state index in [0.717, 1.165) is 82.5 Å². The van der Waals surface area contributed by atoms with Gasteiger partial charge in [0.05, 0.1) is 18.8 Å². The Hall–Kier alpha value is -4.03. The summed E-state index contributed by atoms with van der Waals surface area (Å²) in [4.78, 5) is 47.7. The lowest BCUT2D eigenvalue weighted by Gasteiger charge is -2.56. The number of rotatable bonds is 18. The number of carbonyl (C=O) groups excluding carboxylic acids is 3. The van der Waals surface area contributed by atoms with Crippen LogP contribution in [0.1, 0.15) is 122 Å². The van der Waals surface area contributed by atoms with Crippen LogP contribution in [-0.2, 0) is 31.9 Å². The van der Waals surface area contributed by atoms with E-state index in [1.807, 2.05) is 46.8 Å². The minimum atomic E-state index is -1.64. The first kappa shape index (κ1) is 45.5. The Kier molecular flexibility index (Phi) is 14.0. The van der Waals surface area contributed by atoms with Crippen molar-refractivity contribution in [2.75, 3.05) is 52.5 Å². The molecule has 0 radical (unpaired) electrons. The number of hydrogen-bond donors (Lipinski definition) is 3. The number of nitrogens with zero attached hydrogens (tertiary/aromatic N) is 2. The first-order valence-electron chi connectivity index (χ1n) is 22.1. The average molecular weight is 829 g/mol. The molecule has 328 valence electrons. The molecule has 4 bridgehead atoms. The van der Waals surface area contributed by atoms with Gasteiger partial charge in [-0.05, 0) is 113 Å². The fourth-order valence-electron chi connectivity index (χ4n) is 10.1. The molecule has 4 unspecified atom stereocenters. The second-order valence-corrected chi connectivity index (χ2v) is 18.7. The number of ketones is 2. The molecule has 0 aromatic heterocycles. The highest BCUT2D eigenvalue weighted by Gasteiger charge is 2.81. The maximum absolute atomic E-state index is 15.0. The smallest absolute Gasteiger partial charge is 0.333 e. The number of Topliss-reactive ketones (excluding diaryl/α,β-unsaturated/α-hetero) is 2. The van der Waals surface area contributed by atoms with Gasteiger partial charge in [0.15, 0.2) is 22.8 Å². The zero-order valence-electron chi connectivity index (χ0n) is 37.2. The number of ether oxygens (including phenoxy) is 3. The van der Waals surface area contributed by atoms with Crippen LogP contribution in [0.4, 0.5) is 0 Å². The molecule has 1 aromatic carbocycles. The second kappa shape index (κ2) is 18.5. The Morgan fingerprint density at radius 3 is 2.20 bits per heavy atom. The SMILES string of the molecule is CC(C)=CCC/C(C)=C/Cc1c(O)c(CC=C(C)C)c2c(c1O)C(=O)C1=CC3CC4C(C)(C)OC(C/C=C(/C)C(=O)OCCCCCN5CCN(CCO)CC5)(C3=O)C14O2. The van der Waals surface area contributed by atoms with E-state index in [1.54, 1.807) is 19.1 Å². The van der Waals surface area contributed by atoms with Crippen molar-refractivity contribution in [2.24, 2.45) is 11.8 Å².